The Kier molecular flexibility index (Phi) is 4.55. The minimum atomic E-state index is 0.0509. The maximum absolute atomic E-state index is 11.7. The molecule has 0 aliphatic heterocycles. The molecular weight excluding hydrogens is 282 g/mol. The van der Waals surface area contributed by atoms with Crippen molar-refractivity contribution in [2.24, 2.45) is 0 Å². The van der Waals surface area contributed by atoms with Gasteiger partial charge in [-0.15, -0.1) is 11.3 Å². The van der Waals surface area contributed by atoms with Crippen molar-refractivity contribution in [2.75, 3.05) is 13.2 Å². The van der Waals surface area contributed by atoms with Crippen molar-refractivity contribution in [1.82, 2.24) is 5.32 Å². The van der Waals surface area contributed by atoms with E-state index in [0.717, 1.165) is 17.0 Å². The van der Waals surface area contributed by atoms with Crippen molar-refractivity contribution < 1.29 is 9.53 Å². The topological polar surface area (TPSA) is 38.3 Å². The van der Waals surface area contributed by atoms with E-state index < -0.39 is 0 Å². The van der Waals surface area contributed by atoms with E-state index in [-0.39, 0.29) is 5.91 Å². The van der Waals surface area contributed by atoms with Gasteiger partial charge in [0.25, 0.3) is 0 Å². The number of carbonyl (C=O) groups excluding carboxylic acids is 1. The molecule has 1 heterocycles. The van der Waals surface area contributed by atoms with E-state index in [1.54, 1.807) is 11.3 Å². The highest BCUT2D eigenvalue weighted by molar-refractivity contribution is 7.10. The predicted molar refractivity (Wildman–Crippen MR) is 85.0 cm³/mol. The average Bonchev–Trinajstić information content (AvgIpc) is 3.14. The molecule has 0 unspecified atom stereocenters. The number of rotatable bonds is 6. The molecule has 21 heavy (non-hydrogen) atoms. The van der Waals surface area contributed by atoms with E-state index in [2.05, 4.69) is 17.4 Å². The molecule has 4 heteroatoms. The molecule has 3 rings (SSSR count). The summed E-state index contributed by atoms with van der Waals surface area (Å²) in [6.07, 6.45) is 4.05. The fraction of sp³-hybridized carbons (Fsp3) is 0.353. The number of amides is 1. The van der Waals surface area contributed by atoms with Crippen molar-refractivity contribution in [1.29, 1.82) is 0 Å². The molecule has 0 bridgehead atoms. The van der Waals surface area contributed by atoms with Gasteiger partial charge in [0.2, 0.25) is 5.91 Å². The molecule has 0 radical (unpaired) electrons. The Morgan fingerprint density at radius 3 is 3.00 bits per heavy atom. The molecule has 0 saturated heterocycles. The molecule has 3 nitrogen and oxygen atoms in total. The van der Waals surface area contributed by atoms with Crippen LogP contribution < -0.4 is 10.1 Å². The fourth-order valence-corrected chi connectivity index (χ4v) is 3.33. The maximum atomic E-state index is 11.7. The van der Waals surface area contributed by atoms with Crippen LogP contribution in [-0.4, -0.2) is 19.1 Å². The summed E-state index contributed by atoms with van der Waals surface area (Å²) in [7, 11) is 0. The first-order valence-corrected chi connectivity index (χ1v) is 8.23. The Hall–Kier alpha value is -1.81. The Balaban J connectivity index is 1.39. The lowest BCUT2D eigenvalue weighted by molar-refractivity contribution is -0.120. The number of nitrogens with one attached hydrogen (secondary N) is 1. The standard InChI is InChI=1S/C17H19NO2S/c19-17(12-16-5-2-10-21-16)18-8-9-20-15-7-6-13-3-1-4-14(13)11-15/h2,5-7,10-11H,1,3-4,8-9,12H2,(H,18,19). The van der Waals surface area contributed by atoms with Gasteiger partial charge in [0.05, 0.1) is 13.0 Å². The Labute approximate surface area is 129 Å². The third-order valence-electron chi connectivity index (χ3n) is 3.68. The molecule has 2 aromatic rings. The number of ether oxygens (including phenoxy) is 1. The van der Waals surface area contributed by atoms with Crippen LogP contribution in [0.3, 0.4) is 0 Å². The number of hydrogen-bond acceptors (Lipinski definition) is 3. The Bertz CT molecular complexity index is 607. The molecule has 1 N–H and O–H groups in total. The lowest BCUT2D eigenvalue weighted by Crippen LogP contribution is -2.29. The summed E-state index contributed by atoms with van der Waals surface area (Å²) < 4.78 is 5.70. The fourth-order valence-electron chi connectivity index (χ4n) is 2.63. The second-order valence-corrected chi connectivity index (χ2v) is 6.27. The molecule has 1 aromatic heterocycles. The van der Waals surface area contributed by atoms with Gasteiger partial charge < -0.3 is 10.1 Å². The van der Waals surface area contributed by atoms with Gasteiger partial charge in [-0.1, -0.05) is 12.1 Å². The lowest BCUT2D eigenvalue weighted by atomic mass is 10.1. The number of carbonyl (C=O) groups is 1. The predicted octanol–water partition coefficient (Wildman–Crippen LogP) is 2.97. The van der Waals surface area contributed by atoms with Crippen LogP contribution in [0.25, 0.3) is 0 Å². The van der Waals surface area contributed by atoms with E-state index in [4.69, 9.17) is 4.74 Å². The minimum absolute atomic E-state index is 0.0509. The van der Waals surface area contributed by atoms with E-state index >= 15 is 0 Å². The van der Waals surface area contributed by atoms with E-state index in [9.17, 15) is 4.79 Å². The summed E-state index contributed by atoms with van der Waals surface area (Å²) in [6, 6.07) is 10.3. The van der Waals surface area contributed by atoms with Crippen LogP contribution in [0.4, 0.5) is 0 Å². The van der Waals surface area contributed by atoms with Gasteiger partial charge in [-0.05, 0) is 54.0 Å². The van der Waals surface area contributed by atoms with Crippen LogP contribution in [0.15, 0.2) is 35.7 Å². The van der Waals surface area contributed by atoms with Gasteiger partial charge in [-0.2, -0.15) is 0 Å². The number of benzene rings is 1. The number of thiophene rings is 1. The van der Waals surface area contributed by atoms with Gasteiger partial charge in [0.1, 0.15) is 12.4 Å². The molecule has 1 amide bonds. The average molecular weight is 301 g/mol. The number of hydrogen-bond donors (Lipinski definition) is 1. The zero-order valence-corrected chi connectivity index (χ0v) is 12.7. The van der Waals surface area contributed by atoms with Crippen molar-refractivity contribution in [2.45, 2.75) is 25.7 Å². The van der Waals surface area contributed by atoms with Crippen LogP contribution in [-0.2, 0) is 24.1 Å². The highest BCUT2D eigenvalue weighted by Gasteiger charge is 2.11. The normalized spacial score (nSPS) is 13.0. The molecular formula is C17H19NO2S. The number of fused-ring (bicyclic) bond motifs is 1. The van der Waals surface area contributed by atoms with Gasteiger partial charge in [0, 0.05) is 4.88 Å². The first-order chi connectivity index (χ1) is 10.3. The molecule has 1 aliphatic carbocycles. The first kappa shape index (κ1) is 14.1. The van der Waals surface area contributed by atoms with Crippen LogP contribution in [0.1, 0.15) is 22.4 Å². The molecule has 0 saturated carbocycles. The zero-order valence-electron chi connectivity index (χ0n) is 11.9. The highest BCUT2D eigenvalue weighted by Crippen LogP contribution is 2.25. The van der Waals surface area contributed by atoms with E-state index in [1.165, 1.54) is 24.0 Å². The third kappa shape index (κ3) is 3.85. The molecule has 110 valence electrons. The smallest absolute Gasteiger partial charge is 0.225 e. The molecule has 1 aliphatic rings. The minimum Gasteiger partial charge on any atom is -0.492 e. The van der Waals surface area contributed by atoms with Crippen molar-refractivity contribution in [3.63, 3.8) is 0 Å². The quantitative estimate of drug-likeness (QED) is 0.833. The second-order valence-electron chi connectivity index (χ2n) is 5.24. The summed E-state index contributed by atoms with van der Waals surface area (Å²) in [6.45, 7) is 1.05. The van der Waals surface area contributed by atoms with Gasteiger partial charge in [-0.25, -0.2) is 0 Å². The van der Waals surface area contributed by atoms with E-state index in [1.807, 2.05) is 23.6 Å². The summed E-state index contributed by atoms with van der Waals surface area (Å²) in [4.78, 5) is 12.8. The third-order valence-corrected chi connectivity index (χ3v) is 4.55. The van der Waals surface area contributed by atoms with Gasteiger partial charge in [0.15, 0.2) is 0 Å². The largest absolute Gasteiger partial charge is 0.492 e. The van der Waals surface area contributed by atoms with Crippen molar-refractivity contribution >= 4 is 17.2 Å². The van der Waals surface area contributed by atoms with Crippen LogP contribution >= 0.6 is 11.3 Å². The van der Waals surface area contributed by atoms with Gasteiger partial charge >= 0.3 is 0 Å². The van der Waals surface area contributed by atoms with Gasteiger partial charge in [-0.3, -0.25) is 4.79 Å². The molecule has 0 spiro atoms. The van der Waals surface area contributed by atoms with E-state index in [0.29, 0.717) is 19.6 Å². The second kappa shape index (κ2) is 6.76. The van der Waals surface area contributed by atoms with Crippen LogP contribution in [0.5, 0.6) is 5.75 Å². The SMILES string of the molecule is O=C(Cc1cccs1)NCCOc1ccc2c(c1)CCC2. The van der Waals surface area contributed by atoms with Crippen molar-refractivity contribution in [3.05, 3.63) is 51.7 Å². The zero-order chi connectivity index (χ0) is 14.5. The highest BCUT2D eigenvalue weighted by atomic mass is 32.1. The molecule has 0 fully saturated rings. The van der Waals surface area contributed by atoms with Crippen LogP contribution in [0, 0.1) is 0 Å². The maximum Gasteiger partial charge on any atom is 0.225 e. The number of aryl methyl sites for hydroxylation is 2. The lowest BCUT2D eigenvalue weighted by Gasteiger charge is -2.09. The monoisotopic (exact) mass is 301 g/mol. The van der Waals surface area contributed by atoms with Crippen molar-refractivity contribution in [3.8, 4) is 5.75 Å². The summed E-state index contributed by atoms with van der Waals surface area (Å²) >= 11 is 1.61. The molecule has 1 aromatic carbocycles. The summed E-state index contributed by atoms with van der Waals surface area (Å²) in [5.74, 6) is 0.957. The Morgan fingerprint density at radius 2 is 2.14 bits per heavy atom. The van der Waals surface area contributed by atoms with Crippen LogP contribution in [0.2, 0.25) is 0 Å². The Morgan fingerprint density at radius 1 is 1.24 bits per heavy atom. The molecule has 0 atom stereocenters. The first-order valence-electron chi connectivity index (χ1n) is 7.35. The summed E-state index contributed by atoms with van der Waals surface area (Å²) in [5.41, 5.74) is 2.86. The summed E-state index contributed by atoms with van der Waals surface area (Å²) in [5, 5.41) is 4.87.